The molecule has 1 aliphatic rings. The van der Waals surface area contributed by atoms with Gasteiger partial charge in [-0.1, -0.05) is 6.07 Å². The van der Waals surface area contributed by atoms with Gasteiger partial charge in [-0.2, -0.15) is 23.4 Å². The number of nitrogens with zero attached hydrogens (tertiary/aromatic N) is 4. The van der Waals surface area contributed by atoms with E-state index in [2.05, 4.69) is 15.3 Å². The van der Waals surface area contributed by atoms with Crippen LogP contribution in [0.2, 0.25) is 0 Å². The monoisotopic (exact) mass is 411 g/mol. The van der Waals surface area contributed by atoms with Crippen molar-refractivity contribution in [3.8, 4) is 11.1 Å². The molecule has 1 amide bonds. The Kier molecular flexibility index (Phi) is 3.96. The highest BCUT2D eigenvalue weighted by molar-refractivity contribution is 6.10. The van der Waals surface area contributed by atoms with Crippen LogP contribution < -0.4 is 4.90 Å². The Morgan fingerprint density at radius 1 is 1.10 bits per heavy atom. The van der Waals surface area contributed by atoms with Crippen LogP contribution in [0, 0.1) is 0 Å². The first-order valence-electron chi connectivity index (χ1n) is 9.33. The number of amides is 1. The maximum Gasteiger partial charge on any atom is 0.416 e. The van der Waals surface area contributed by atoms with Crippen LogP contribution in [0.3, 0.4) is 0 Å². The normalized spacial score (nSPS) is 16.9. The Morgan fingerprint density at radius 2 is 1.87 bits per heavy atom. The highest BCUT2D eigenvalue weighted by Crippen LogP contribution is 2.35. The number of carbonyl (C=O) groups excluding carboxylic acids is 1. The third-order valence-corrected chi connectivity index (χ3v) is 5.37. The van der Waals surface area contributed by atoms with Gasteiger partial charge in [-0.05, 0) is 48.9 Å². The fraction of sp³-hybridized carbons (Fsp3) is 0.190. The zero-order valence-electron chi connectivity index (χ0n) is 15.8. The predicted molar refractivity (Wildman–Crippen MR) is 105 cm³/mol. The van der Waals surface area contributed by atoms with E-state index in [1.54, 1.807) is 17.1 Å². The number of H-pyrrole nitrogens is 1. The van der Waals surface area contributed by atoms with Crippen LogP contribution in [-0.4, -0.2) is 32.4 Å². The molecule has 0 radical (unpaired) electrons. The van der Waals surface area contributed by atoms with Crippen LogP contribution in [0.4, 0.5) is 18.9 Å². The lowest BCUT2D eigenvalue weighted by Crippen LogP contribution is -2.42. The van der Waals surface area contributed by atoms with Crippen LogP contribution in [-0.2, 0) is 6.18 Å². The van der Waals surface area contributed by atoms with Crippen molar-refractivity contribution in [2.45, 2.75) is 19.1 Å². The van der Waals surface area contributed by atoms with Crippen molar-refractivity contribution in [2.75, 3.05) is 11.4 Å². The van der Waals surface area contributed by atoms with Gasteiger partial charge in [-0.15, -0.1) is 0 Å². The number of anilines is 1. The highest BCUT2D eigenvalue weighted by atomic mass is 19.4. The van der Waals surface area contributed by atoms with Gasteiger partial charge in [0.15, 0.2) is 0 Å². The van der Waals surface area contributed by atoms with Crippen molar-refractivity contribution < 1.29 is 18.0 Å². The Hall–Kier alpha value is -3.62. The molecule has 0 spiro atoms. The molecule has 1 atom stereocenters. The standard InChI is InChI=1S/C21H16F3N5O/c1-12-11-28(16-5-3-15(4-6-16)21(22,23)24)20(30)19-17(10-26-29(12)19)13-2-7-18-14(8-13)9-25-27-18/h2-10,12H,11H2,1H3,(H,25,27)/t12-/m0/s1. The zero-order valence-corrected chi connectivity index (χ0v) is 15.8. The van der Waals surface area contributed by atoms with Gasteiger partial charge in [-0.3, -0.25) is 14.6 Å². The van der Waals surface area contributed by atoms with E-state index in [1.165, 1.54) is 17.0 Å². The molecule has 4 aromatic rings. The first-order valence-corrected chi connectivity index (χ1v) is 9.33. The van der Waals surface area contributed by atoms with Gasteiger partial charge in [-0.25, -0.2) is 0 Å². The van der Waals surface area contributed by atoms with Crippen LogP contribution >= 0.6 is 0 Å². The largest absolute Gasteiger partial charge is 0.416 e. The lowest BCUT2D eigenvalue weighted by molar-refractivity contribution is -0.137. The van der Waals surface area contributed by atoms with Crippen molar-refractivity contribution in [1.82, 2.24) is 20.0 Å². The van der Waals surface area contributed by atoms with E-state index in [0.717, 1.165) is 28.6 Å². The third-order valence-electron chi connectivity index (χ3n) is 5.37. The Morgan fingerprint density at radius 3 is 2.60 bits per heavy atom. The molecule has 5 rings (SSSR count). The molecule has 9 heteroatoms. The number of benzene rings is 2. The fourth-order valence-electron chi connectivity index (χ4n) is 3.84. The molecule has 0 fully saturated rings. The lowest BCUT2D eigenvalue weighted by Gasteiger charge is -2.32. The molecule has 1 N–H and O–H groups in total. The first kappa shape index (κ1) is 18.4. The minimum atomic E-state index is -4.42. The highest BCUT2D eigenvalue weighted by Gasteiger charge is 2.35. The fourth-order valence-corrected chi connectivity index (χ4v) is 3.84. The lowest BCUT2D eigenvalue weighted by atomic mass is 10.0. The quantitative estimate of drug-likeness (QED) is 0.521. The molecule has 152 valence electrons. The molecule has 30 heavy (non-hydrogen) atoms. The minimum absolute atomic E-state index is 0.133. The second kappa shape index (κ2) is 6.45. The number of hydrogen-bond acceptors (Lipinski definition) is 3. The summed E-state index contributed by atoms with van der Waals surface area (Å²) in [5.41, 5.74) is 2.46. The topological polar surface area (TPSA) is 66.8 Å². The van der Waals surface area contributed by atoms with E-state index in [4.69, 9.17) is 0 Å². The summed E-state index contributed by atoms with van der Waals surface area (Å²) in [4.78, 5) is 14.8. The van der Waals surface area contributed by atoms with Crippen molar-refractivity contribution in [1.29, 1.82) is 0 Å². The van der Waals surface area contributed by atoms with Gasteiger partial charge in [0.05, 0.1) is 29.5 Å². The molecule has 3 heterocycles. The number of aromatic nitrogens is 4. The summed E-state index contributed by atoms with van der Waals surface area (Å²) in [6.45, 7) is 2.24. The van der Waals surface area contributed by atoms with E-state index in [9.17, 15) is 18.0 Å². The smallest absolute Gasteiger partial charge is 0.305 e. The zero-order chi connectivity index (χ0) is 21.0. The second-order valence-electron chi connectivity index (χ2n) is 7.33. The molecule has 0 aliphatic carbocycles. The van der Waals surface area contributed by atoms with E-state index in [0.29, 0.717) is 23.5 Å². The van der Waals surface area contributed by atoms with Crippen LogP contribution in [0.5, 0.6) is 0 Å². The van der Waals surface area contributed by atoms with Gasteiger partial charge in [0.2, 0.25) is 0 Å². The Labute approximate surface area is 168 Å². The number of carbonyl (C=O) groups is 1. The molecule has 2 aromatic heterocycles. The molecule has 0 unspecified atom stereocenters. The number of hydrogen-bond donors (Lipinski definition) is 1. The predicted octanol–water partition coefficient (Wildman–Crippen LogP) is 4.67. The summed E-state index contributed by atoms with van der Waals surface area (Å²) < 4.78 is 40.3. The number of nitrogens with one attached hydrogen (secondary N) is 1. The number of rotatable bonds is 2. The number of alkyl halides is 3. The van der Waals surface area contributed by atoms with E-state index < -0.39 is 11.7 Å². The molecule has 6 nitrogen and oxygen atoms in total. The Balaban J connectivity index is 1.56. The van der Waals surface area contributed by atoms with Gasteiger partial charge >= 0.3 is 6.18 Å². The summed E-state index contributed by atoms with van der Waals surface area (Å²) in [6, 6.07) is 10.2. The summed E-state index contributed by atoms with van der Waals surface area (Å²) in [5.74, 6) is -0.298. The molecule has 1 aliphatic heterocycles. The van der Waals surface area contributed by atoms with Gasteiger partial charge < -0.3 is 4.90 Å². The third kappa shape index (κ3) is 2.85. The second-order valence-corrected chi connectivity index (χ2v) is 7.33. The number of fused-ring (bicyclic) bond motifs is 2. The first-order chi connectivity index (χ1) is 14.3. The average molecular weight is 411 g/mol. The van der Waals surface area contributed by atoms with Gasteiger partial charge in [0.1, 0.15) is 5.69 Å². The maximum absolute atomic E-state index is 13.3. The maximum atomic E-state index is 13.3. The van der Waals surface area contributed by atoms with Crippen LogP contribution in [0.1, 0.15) is 29.0 Å². The van der Waals surface area contributed by atoms with E-state index in [-0.39, 0.29) is 11.9 Å². The van der Waals surface area contributed by atoms with E-state index >= 15 is 0 Å². The van der Waals surface area contributed by atoms with Crippen LogP contribution in [0.15, 0.2) is 54.9 Å². The average Bonchev–Trinajstić information content (AvgIpc) is 3.37. The summed E-state index contributed by atoms with van der Waals surface area (Å²) in [6.07, 6.45) is -1.07. The van der Waals surface area contributed by atoms with Crippen molar-refractivity contribution >= 4 is 22.5 Å². The summed E-state index contributed by atoms with van der Waals surface area (Å²) in [5, 5.41) is 12.2. The van der Waals surface area contributed by atoms with E-state index in [1.807, 2.05) is 25.1 Å². The van der Waals surface area contributed by atoms with Crippen molar-refractivity contribution in [3.05, 3.63) is 66.1 Å². The Bertz CT molecular complexity index is 1260. The van der Waals surface area contributed by atoms with Gasteiger partial charge in [0, 0.05) is 23.2 Å². The summed E-state index contributed by atoms with van der Waals surface area (Å²) in [7, 11) is 0. The molecule has 0 saturated heterocycles. The SMILES string of the molecule is C[C@H]1CN(c2ccc(C(F)(F)F)cc2)C(=O)c2c(-c3ccc4[nH]ncc4c3)cnn21. The van der Waals surface area contributed by atoms with Crippen molar-refractivity contribution in [3.63, 3.8) is 0 Å². The molecule has 0 saturated carbocycles. The molecular formula is C21H16F3N5O. The summed E-state index contributed by atoms with van der Waals surface area (Å²) >= 11 is 0. The van der Waals surface area contributed by atoms with Crippen molar-refractivity contribution in [2.24, 2.45) is 0 Å². The minimum Gasteiger partial charge on any atom is -0.305 e. The van der Waals surface area contributed by atoms with Crippen LogP contribution in [0.25, 0.3) is 22.0 Å². The van der Waals surface area contributed by atoms with Gasteiger partial charge in [0.25, 0.3) is 5.91 Å². The molecule has 0 bridgehead atoms. The number of halogens is 3. The molecular weight excluding hydrogens is 395 g/mol. The molecule has 2 aromatic carbocycles. The number of aromatic amines is 1.